The van der Waals surface area contributed by atoms with Crippen LogP contribution in [0.3, 0.4) is 0 Å². The third-order valence-electron chi connectivity index (χ3n) is 4.00. The second kappa shape index (κ2) is 4.19. The smallest absolute Gasteiger partial charge is 0.0476 e. The summed E-state index contributed by atoms with van der Waals surface area (Å²) in [6.45, 7) is 6.96. The van der Waals surface area contributed by atoms with Gasteiger partial charge in [-0.25, -0.2) is 0 Å². The fourth-order valence-electron chi connectivity index (χ4n) is 3.01. The van der Waals surface area contributed by atoms with Crippen LogP contribution in [0, 0.1) is 0 Å². The molecule has 1 N–H and O–H groups in total. The van der Waals surface area contributed by atoms with Gasteiger partial charge in [0.2, 0.25) is 0 Å². The van der Waals surface area contributed by atoms with Crippen molar-refractivity contribution < 1.29 is 0 Å². The lowest BCUT2D eigenvalue weighted by Gasteiger charge is -2.41. The molecule has 1 fully saturated rings. The number of nitrogens with zero attached hydrogens (tertiary/aromatic N) is 1. The Morgan fingerprint density at radius 1 is 1.38 bits per heavy atom. The Balaban J connectivity index is 1.96. The average molecular weight is 216 g/mol. The zero-order valence-electron chi connectivity index (χ0n) is 10.00. The van der Waals surface area contributed by atoms with E-state index in [1.54, 1.807) is 11.1 Å². The van der Waals surface area contributed by atoms with Gasteiger partial charge in [-0.2, -0.15) is 0 Å². The summed E-state index contributed by atoms with van der Waals surface area (Å²) in [5.74, 6) is 0. The van der Waals surface area contributed by atoms with Gasteiger partial charge in [-0.05, 0) is 29.5 Å². The zero-order chi connectivity index (χ0) is 11.0. The molecule has 86 valence electrons. The molecule has 2 aliphatic heterocycles. The van der Waals surface area contributed by atoms with Crippen LogP contribution in [0.1, 0.15) is 29.7 Å². The maximum atomic E-state index is 3.51. The zero-order valence-corrected chi connectivity index (χ0v) is 10.00. The van der Waals surface area contributed by atoms with E-state index in [2.05, 4.69) is 35.3 Å². The van der Waals surface area contributed by atoms with Crippen molar-refractivity contribution in [3.05, 3.63) is 34.9 Å². The van der Waals surface area contributed by atoms with Crippen LogP contribution < -0.4 is 5.32 Å². The first kappa shape index (κ1) is 10.3. The molecule has 0 saturated carbocycles. The van der Waals surface area contributed by atoms with E-state index in [1.807, 2.05) is 0 Å². The monoisotopic (exact) mass is 216 g/mol. The molecule has 0 radical (unpaired) electrons. The molecule has 1 aromatic rings. The largest absolute Gasteiger partial charge is 0.314 e. The molecule has 0 amide bonds. The lowest BCUT2D eigenvalue weighted by Crippen LogP contribution is -2.48. The van der Waals surface area contributed by atoms with Crippen LogP contribution in [0.4, 0.5) is 0 Å². The number of nitrogens with one attached hydrogen (secondary N) is 1. The predicted octanol–water partition coefficient (Wildman–Crippen LogP) is 1.75. The van der Waals surface area contributed by atoms with E-state index < -0.39 is 0 Å². The van der Waals surface area contributed by atoms with E-state index in [0.29, 0.717) is 6.04 Å². The standard InChI is InChI=1S/C14H20N2/c1-2-11-3-4-13-12(9-11)5-7-16-8-6-15-10-14(13)16/h3-4,9,14-15H,2,5-8,10H2,1H3/t14-/m0/s1. The first-order valence-corrected chi connectivity index (χ1v) is 6.45. The van der Waals surface area contributed by atoms with Crippen molar-refractivity contribution in [1.29, 1.82) is 0 Å². The van der Waals surface area contributed by atoms with Gasteiger partial charge in [-0.3, -0.25) is 4.90 Å². The third-order valence-corrected chi connectivity index (χ3v) is 4.00. The lowest BCUT2D eigenvalue weighted by molar-refractivity contribution is 0.152. The molecule has 1 aromatic carbocycles. The number of piperazine rings is 1. The highest BCUT2D eigenvalue weighted by Crippen LogP contribution is 2.30. The molecule has 1 saturated heterocycles. The lowest BCUT2D eigenvalue weighted by atomic mass is 9.89. The molecule has 0 spiro atoms. The SMILES string of the molecule is CCc1ccc2c(c1)CCN1CCNC[C@@H]21. The van der Waals surface area contributed by atoms with Crippen LogP contribution >= 0.6 is 0 Å². The number of benzene rings is 1. The minimum absolute atomic E-state index is 0.628. The van der Waals surface area contributed by atoms with Gasteiger partial charge in [-0.1, -0.05) is 25.1 Å². The third kappa shape index (κ3) is 1.66. The molecular weight excluding hydrogens is 196 g/mol. The summed E-state index contributed by atoms with van der Waals surface area (Å²) in [5.41, 5.74) is 4.64. The van der Waals surface area contributed by atoms with Crippen LogP contribution in [-0.2, 0) is 12.8 Å². The Kier molecular flexibility index (Phi) is 2.70. The van der Waals surface area contributed by atoms with Gasteiger partial charge in [0.15, 0.2) is 0 Å². The molecule has 0 bridgehead atoms. The summed E-state index contributed by atoms with van der Waals surface area (Å²) in [7, 11) is 0. The highest BCUT2D eigenvalue weighted by Gasteiger charge is 2.28. The maximum absolute atomic E-state index is 3.51. The summed E-state index contributed by atoms with van der Waals surface area (Å²) in [4.78, 5) is 2.63. The number of hydrogen-bond donors (Lipinski definition) is 1. The highest BCUT2D eigenvalue weighted by molar-refractivity contribution is 5.37. The summed E-state index contributed by atoms with van der Waals surface area (Å²) in [6, 6.07) is 7.71. The summed E-state index contributed by atoms with van der Waals surface area (Å²) in [5, 5.41) is 3.51. The molecule has 16 heavy (non-hydrogen) atoms. The van der Waals surface area contributed by atoms with Gasteiger partial charge in [0.25, 0.3) is 0 Å². The van der Waals surface area contributed by atoms with E-state index in [1.165, 1.54) is 25.1 Å². The van der Waals surface area contributed by atoms with Gasteiger partial charge in [-0.15, -0.1) is 0 Å². The molecular formula is C14H20N2. The Morgan fingerprint density at radius 3 is 3.19 bits per heavy atom. The quantitative estimate of drug-likeness (QED) is 0.769. The number of hydrogen-bond acceptors (Lipinski definition) is 2. The Labute approximate surface area is 97.6 Å². The predicted molar refractivity (Wildman–Crippen MR) is 66.7 cm³/mol. The van der Waals surface area contributed by atoms with E-state index in [4.69, 9.17) is 0 Å². The average Bonchev–Trinajstić information content (AvgIpc) is 2.38. The Hall–Kier alpha value is -0.860. The van der Waals surface area contributed by atoms with Crippen molar-refractivity contribution in [2.45, 2.75) is 25.8 Å². The van der Waals surface area contributed by atoms with Crippen molar-refractivity contribution in [3.8, 4) is 0 Å². The molecule has 0 aliphatic carbocycles. The number of fused-ring (bicyclic) bond motifs is 3. The first-order valence-electron chi connectivity index (χ1n) is 6.45. The van der Waals surface area contributed by atoms with E-state index in [9.17, 15) is 0 Å². The van der Waals surface area contributed by atoms with Crippen molar-refractivity contribution in [2.24, 2.45) is 0 Å². The van der Waals surface area contributed by atoms with Crippen molar-refractivity contribution >= 4 is 0 Å². The van der Waals surface area contributed by atoms with Crippen LogP contribution in [0.2, 0.25) is 0 Å². The Morgan fingerprint density at radius 2 is 2.31 bits per heavy atom. The van der Waals surface area contributed by atoms with Crippen molar-refractivity contribution in [1.82, 2.24) is 10.2 Å². The molecule has 2 heteroatoms. The number of rotatable bonds is 1. The normalized spacial score (nSPS) is 24.9. The molecule has 3 rings (SSSR count). The van der Waals surface area contributed by atoms with Gasteiger partial charge in [0, 0.05) is 32.2 Å². The molecule has 0 aromatic heterocycles. The minimum atomic E-state index is 0.628. The highest BCUT2D eigenvalue weighted by atomic mass is 15.2. The summed E-state index contributed by atoms with van der Waals surface area (Å²) in [6.07, 6.45) is 2.39. The first-order chi connectivity index (χ1) is 7.88. The van der Waals surface area contributed by atoms with Gasteiger partial charge < -0.3 is 5.32 Å². The minimum Gasteiger partial charge on any atom is -0.314 e. The second-order valence-corrected chi connectivity index (χ2v) is 4.89. The van der Waals surface area contributed by atoms with E-state index >= 15 is 0 Å². The van der Waals surface area contributed by atoms with Crippen molar-refractivity contribution in [3.63, 3.8) is 0 Å². The molecule has 2 nitrogen and oxygen atoms in total. The molecule has 0 unspecified atom stereocenters. The van der Waals surface area contributed by atoms with Gasteiger partial charge in [0.1, 0.15) is 0 Å². The van der Waals surface area contributed by atoms with Gasteiger partial charge in [0.05, 0.1) is 0 Å². The van der Waals surface area contributed by atoms with Crippen LogP contribution in [0.15, 0.2) is 18.2 Å². The van der Waals surface area contributed by atoms with Crippen LogP contribution in [0.5, 0.6) is 0 Å². The summed E-state index contributed by atoms with van der Waals surface area (Å²) < 4.78 is 0. The van der Waals surface area contributed by atoms with E-state index in [0.717, 1.165) is 19.5 Å². The topological polar surface area (TPSA) is 15.3 Å². The van der Waals surface area contributed by atoms with Gasteiger partial charge >= 0.3 is 0 Å². The molecule has 2 heterocycles. The van der Waals surface area contributed by atoms with E-state index in [-0.39, 0.29) is 0 Å². The molecule has 1 atom stereocenters. The second-order valence-electron chi connectivity index (χ2n) is 4.89. The molecule has 2 aliphatic rings. The maximum Gasteiger partial charge on any atom is 0.0476 e. The summed E-state index contributed by atoms with van der Waals surface area (Å²) >= 11 is 0. The number of aryl methyl sites for hydroxylation is 1. The Bertz CT molecular complexity index is 386. The fraction of sp³-hybridized carbons (Fsp3) is 0.571. The van der Waals surface area contributed by atoms with Crippen LogP contribution in [-0.4, -0.2) is 31.1 Å². The van der Waals surface area contributed by atoms with Crippen molar-refractivity contribution in [2.75, 3.05) is 26.2 Å². The fourth-order valence-corrected chi connectivity index (χ4v) is 3.01. The van der Waals surface area contributed by atoms with Crippen LogP contribution in [0.25, 0.3) is 0 Å².